The maximum Gasteiger partial charge on any atom is 0.227 e. The van der Waals surface area contributed by atoms with Gasteiger partial charge in [0.1, 0.15) is 0 Å². The van der Waals surface area contributed by atoms with Crippen LogP contribution in [0.3, 0.4) is 0 Å². The van der Waals surface area contributed by atoms with Crippen LogP contribution < -0.4 is 0 Å². The van der Waals surface area contributed by atoms with Gasteiger partial charge >= 0.3 is 0 Å². The molecule has 0 atom stereocenters. The summed E-state index contributed by atoms with van der Waals surface area (Å²) in [5.41, 5.74) is 3.46. The maximum absolute atomic E-state index is 13.0. The topological polar surface area (TPSA) is 36.1 Å². The Morgan fingerprint density at radius 3 is 2.55 bits per heavy atom. The number of aromatic nitrogens is 1. The van der Waals surface area contributed by atoms with Gasteiger partial charge in [-0.3, -0.25) is 4.79 Å². The van der Waals surface area contributed by atoms with E-state index in [0.717, 1.165) is 11.2 Å². The van der Waals surface area contributed by atoms with Gasteiger partial charge in [-0.05, 0) is 44.2 Å². The number of hydrogen-bond acceptors (Lipinski definition) is 1. The highest BCUT2D eigenvalue weighted by atomic mass is 16.2. The molecule has 2 aliphatic rings. The second-order valence-corrected chi connectivity index (χ2v) is 6.92. The average molecular weight is 296 g/mol. The van der Waals surface area contributed by atoms with Crippen molar-refractivity contribution in [2.75, 3.05) is 0 Å². The summed E-state index contributed by atoms with van der Waals surface area (Å²) in [6, 6.07) is 9.34. The number of fused-ring (bicyclic) bond motifs is 1. The molecule has 2 aliphatic carbocycles. The lowest BCUT2D eigenvalue weighted by Crippen LogP contribution is -2.41. The molecule has 1 amide bonds. The first-order valence-corrected chi connectivity index (χ1v) is 8.61. The molecule has 3 heteroatoms. The monoisotopic (exact) mass is 296 g/mol. The summed E-state index contributed by atoms with van der Waals surface area (Å²) in [6.07, 6.45) is 7.93. The van der Waals surface area contributed by atoms with Crippen LogP contribution in [0.5, 0.6) is 0 Å². The number of carbonyl (C=O) groups excluding carboxylic acids is 1. The molecular weight excluding hydrogens is 272 g/mol. The van der Waals surface area contributed by atoms with Gasteiger partial charge in [-0.1, -0.05) is 31.0 Å². The molecule has 2 saturated carbocycles. The van der Waals surface area contributed by atoms with Gasteiger partial charge in [0.05, 0.1) is 6.42 Å². The van der Waals surface area contributed by atoms with Crippen molar-refractivity contribution in [3.05, 3.63) is 35.5 Å². The molecule has 1 aromatic heterocycles. The minimum Gasteiger partial charge on any atom is -0.358 e. The lowest BCUT2D eigenvalue weighted by atomic mass is 10.1. The molecule has 1 N–H and O–H groups in total. The van der Waals surface area contributed by atoms with Crippen LogP contribution in [0.1, 0.15) is 49.8 Å². The number of para-hydroxylation sites is 1. The molecule has 0 saturated heterocycles. The van der Waals surface area contributed by atoms with E-state index >= 15 is 0 Å². The van der Waals surface area contributed by atoms with E-state index in [4.69, 9.17) is 0 Å². The fraction of sp³-hybridized carbons (Fsp3) is 0.526. The van der Waals surface area contributed by atoms with Crippen LogP contribution in [0.2, 0.25) is 0 Å². The average Bonchev–Trinajstić information content (AvgIpc) is 3.09. The summed E-state index contributed by atoms with van der Waals surface area (Å²) in [5, 5.41) is 1.20. The molecule has 1 heterocycles. The van der Waals surface area contributed by atoms with Crippen LogP contribution in [0.4, 0.5) is 0 Å². The number of benzene rings is 1. The van der Waals surface area contributed by atoms with Gasteiger partial charge in [-0.25, -0.2) is 0 Å². The normalized spacial score (nSPS) is 19.0. The van der Waals surface area contributed by atoms with Crippen molar-refractivity contribution in [1.29, 1.82) is 0 Å². The minimum absolute atomic E-state index is 0.335. The summed E-state index contributed by atoms with van der Waals surface area (Å²) >= 11 is 0. The van der Waals surface area contributed by atoms with Crippen LogP contribution >= 0.6 is 0 Å². The van der Waals surface area contributed by atoms with E-state index in [-0.39, 0.29) is 0 Å². The van der Waals surface area contributed by atoms with E-state index < -0.39 is 0 Å². The second kappa shape index (κ2) is 5.45. The zero-order valence-electron chi connectivity index (χ0n) is 13.3. The van der Waals surface area contributed by atoms with Gasteiger partial charge < -0.3 is 9.88 Å². The van der Waals surface area contributed by atoms with Gasteiger partial charge in [-0.15, -0.1) is 0 Å². The molecule has 4 rings (SSSR count). The SMILES string of the molecule is Cc1[nH]c2ccccc2c1CC(=O)N(C1CCCC1)C1CC1. The molecule has 1 aromatic carbocycles. The van der Waals surface area contributed by atoms with Gasteiger partial charge in [0.25, 0.3) is 0 Å². The van der Waals surface area contributed by atoms with Crippen molar-refractivity contribution in [2.24, 2.45) is 0 Å². The van der Waals surface area contributed by atoms with Crippen molar-refractivity contribution in [1.82, 2.24) is 9.88 Å². The molecule has 22 heavy (non-hydrogen) atoms. The zero-order valence-corrected chi connectivity index (χ0v) is 13.3. The second-order valence-electron chi connectivity index (χ2n) is 6.92. The van der Waals surface area contributed by atoms with Crippen LogP contribution in [-0.4, -0.2) is 27.9 Å². The fourth-order valence-electron chi connectivity index (χ4n) is 4.05. The highest BCUT2D eigenvalue weighted by Gasteiger charge is 2.38. The molecule has 0 aliphatic heterocycles. The van der Waals surface area contributed by atoms with E-state index in [9.17, 15) is 4.79 Å². The lowest BCUT2D eigenvalue weighted by Gasteiger charge is -2.29. The number of amides is 1. The highest BCUT2D eigenvalue weighted by molar-refractivity contribution is 5.90. The summed E-state index contributed by atoms with van der Waals surface area (Å²) in [5.74, 6) is 0.335. The Morgan fingerprint density at radius 2 is 1.82 bits per heavy atom. The summed E-state index contributed by atoms with van der Waals surface area (Å²) in [4.78, 5) is 18.6. The molecule has 116 valence electrons. The Bertz CT molecular complexity index is 693. The van der Waals surface area contributed by atoms with Crippen molar-refractivity contribution >= 4 is 16.8 Å². The number of nitrogens with one attached hydrogen (secondary N) is 1. The number of hydrogen-bond donors (Lipinski definition) is 1. The Kier molecular flexibility index (Phi) is 3.44. The smallest absolute Gasteiger partial charge is 0.227 e. The molecule has 2 fully saturated rings. The van der Waals surface area contributed by atoms with E-state index in [1.807, 2.05) is 6.07 Å². The van der Waals surface area contributed by atoms with E-state index in [1.54, 1.807) is 0 Å². The number of aromatic amines is 1. The molecule has 3 nitrogen and oxygen atoms in total. The van der Waals surface area contributed by atoms with Crippen molar-refractivity contribution < 1.29 is 4.79 Å². The third-order valence-corrected chi connectivity index (χ3v) is 5.30. The predicted molar refractivity (Wildman–Crippen MR) is 88.9 cm³/mol. The predicted octanol–water partition coefficient (Wildman–Crippen LogP) is 3.95. The van der Waals surface area contributed by atoms with Crippen LogP contribution in [0, 0.1) is 6.92 Å². The van der Waals surface area contributed by atoms with Crippen LogP contribution in [-0.2, 0) is 11.2 Å². The van der Waals surface area contributed by atoms with Crippen molar-refractivity contribution in [3.63, 3.8) is 0 Å². The largest absolute Gasteiger partial charge is 0.358 e. The highest BCUT2D eigenvalue weighted by Crippen LogP contribution is 2.35. The third kappa shape index (κ3) is 2.43. The van der Waals surface area contributed by atoms with E-state index in [2.05, 4.69) is 35.0 Å². The first-order valence-electron chi connectivity index (χ1n) is 8.61. The van der Waals surface area contributed by atoms with E-state index in [1.165, 1.54) is 49.5 Å². The minimum atomic E-state index is 0.335. The van der Waals surface area contributed by atoms with Gasteiger partial charge in [0.15, 0.2) is 0 Å². The third-order valence-electron chi connectivity index (χ3n) is 5.30. The van der Waals surface area contributed by atoms with Crippen LogP contribution in [0.25, 0.3) is 10.9 Å². The quantitative estimate of drug-likeness (QED) is 0.911. The molecule has 0 unspecified atom stereocenters. The van der Waals surface area contributed by atoms with Crippen molar-refractivity contribution in [2.45, 2.75) is 64.0 Å². The summed E-state index contributed by atoms with van der Waals surface area (Å²) in [6.45, 7) is 2.08. The first-order chi connectivity index (χ1) is 10.7. The number of H-pyrrole nitrogens is 1. The van der Waals surface area contributed by atoms with Gasteiger partial charge in [-0.2, -0.15) is 0 Å². The number of rotatable bonds is 4. The lowest BCUT2D eigenvalue weighted by molar-refractivity contribution is -0.133. The maximum atomic E-state index is 13.0. The molecule has 0 radical (unpaired) electrons. The van der Waals surface area contributed by atoms with Crippen molar-refractivity contribution in [3.8, 4) is 0 Å². The zero-order chi connectivity index (χ0) is 15.1. The molecule has 0 bridgehead atoms. The molecule has 0 spiro atoms. The van der Waals surface area contributed by atoms with Gasteiger partial charge in [0, 0.05) is 28.7 Å². The van der Waals surface area contributed by atoms with Crippen LogP contribution in [0.15, 0.2) is 24.3 Å². The number of nitrogens with zero attached hydrogens (tertiary/aromatic N) is 1. The fourth-order valence-corrected chi connectivity index (χ4v) is 4.05. The summed E-state index contributed by atoms with van der Waals surface area (Å²) in [7, 11) is 0. The standard InChI is InChI=1S/C19H24N2O/c1-13-17(16-8-4-5-9-18(16)20-13)12-19(22)21(15-10-11-15)14-6-2-3-7-14/h4-5,8-9,14-15,20H,2-3,6-7,10-12H2,1H3. The summed E-state index contributed by atoms with van der Waals surface area (Å²) < 4.78 is 0. The van der Waals surface area contributed by atoms with Gasteiger partial charge in [0.2, 0.25) is 5.91 Å². The number of carbonyl (C=O) groups is 1. The Labute approximate surface area is 131 Å². The Balaban J connectivity index is 1.60. The Hall–Kier alpha value is -1.77. The number of aryl methyl sites for hydroxylation is 1. The first kappa shape index (κ1) is 13.9. The molecule has 2 aromatic rings. The Morgan fingerprint density at radius 1 is 1.14 bits per heavy atom. The molecular formula is C19H24N2O. The van der Waals surface area contributed by atoms with E-state index in [0.29, 0.717) is 24.4 Å².